The zero-order valence-electron chi connectivity index (χ0n) is 19.5. The largest absolute Gasteiger partial charge is 0.371 e. The first-order chi connectivity index (χ1) is 16.6. The Balaban J connectivity index is 1.31. The van der Waals surface area contributed by atoms with Crippen molar-refractivity contribution in [1.29, 1.82) is 5.26 Å². The number of nitriles is 1. The number of hydrogen-bond donors (Lipinski definition) is 0. The highest BCUT2D eigenvalue weighted by Gasteiger charge is 2.42. The van der Waals surface area contributed by atoms with Gasteiger partial charge in [0, 0.05) is 43.3 Å². The summed E-state index contributed by atoms with van der Waals surface area (Å²) in [5, 5.41) is 9.15. The zero-order valence-corrected chi connectivity index (χ0v) is 19.5. The summed E-state index contributed by atoms with van der Waals surface area (Å²) in [7, 11) is 0. The number of rotatable bonds is 2. The van der Waals surface area contributed by atoms with Crippen LogP contribution in [0.4, 0.5) is 5.69 Å². The number of fused-ring (bicyclic) bond motifs is 5. The van der Waals surface area contributed by atoms with Crippen LogP contribution in [0.5, 0.6) is 0 Å². The zero-order chi connectivity index (χ0) is 22.9. The molecule has 5 heteroatoms. The second kappa shape index (κ2) is 7.11. The molecule has 0 bridgehead atoms. The van der Waals surface area contributed by atoms with Crippen molar-refractivity contribution >= 4 is 5.69 Å². The van der Waals surface area contributed by atoms with Gasteiger partial charge in [0.25, 0.3) is 0 Å². The first-order valence-electron chi connectivity index (χ1n) is 12.3. The number of aryl methyl sites for hydroxylation is 1. The molecule has 7 rings (SSSR count). The molecule has 0 amide bonds. The van der Waals surface area contributed by atoms with Crippen molar-refractivity contribution in [1.82, 2.24) is 14.1 Å². The number of benzene rings is 2. The maximum Gasteiger partial charge on any atom is 0.161 e. The molecule has 34 heavy (non-hydrogen) atoms. The molecule has 2 aliphatic heterocycles. The normalized spacial score (nSPS) is 17.5. The molecule has 2 aromatic carbocycles. The summed E-state index contributed by atoms with van der Waals surface area (Å²) in [5.74, 6) is 0.985. The molecule has 4 aromatic rings. The molecular formula is C29H27N5. The minimum absolute atomic E-state index is 0.588. The van der Waals surface area contributed by atoms with Gasteiger partial charge in [0.2, 0.25) is 0 Å². The maximum atomic E-state index is 9.15. The van der Waals surface area contributed by atoms with E-state index in [0.717, 1.165) is 34.9 Å². The molecule has 1 spiro atoms. The molecule has 168 valence electrons. The Bertz CT molecular complexity index is 1460. The number of anilines is 1. The third-order valence-corrected chi connectivity index (χ3v) is 8.18. The van der Waals surface area contributed by atoms with E-state index in [2.05, 4.69) is 63.7 Å². The van der Waals surface area contributed by atoms with Gasteiger partial charge >= 0.3 is 0 Å². The van der Waals surface area contributed by atoms with Crippen LogP contribution in [-0.2, 0) is 6.54 Å². The summed E-state index contributed by atoms with van der Waals surface area (Å²) in [4.78, 5) is 7.51. The van der Waals surface area contributed by atoms with E-state index in [9.17, 15) is 0 Å². The van der Waals surface area contributed by atoms with E-state index in [-0.39, 0.29) is 0 Å². The van der Waals surface area contributed by atoms with Crippen LogP contribution in [0.2, 0.25) is 0 Å². The molecule has 0 N–H and O–H groups in total. The van der Waals surface area contributed by atoms with Crippen LogP contribution in [0.1, 0.15) is 42.5 Å². The maximum absolute atomic E-state index is 9.15. The van der Waals surface area contributed by atoms with Crippen LogP contribution in [-0.4, -0.2) is 27.2 Å². The molecule has 5 nitrogen and oxygen atoms in total. The lowest BCUT2D eigenvalue weighted by Gasteiger charge is -2.38. The van der Waals surface area contributed by atoms with E-state index >= 15 is 0 Å². The standard InChI is InChI=1S/C29H27N5/c1-20-16-34-26-8-7-25(32-12-11-29(19-32)9-2-10-29)13-24(26)18-33-17-23(14-27(33)28(34)31-20)22-5-3-21(15-30)4-6-22/h3-8,13-14,16-17H,2,9-12,18-19H2,1H3. The fourth-order valence-electron chi connectivity index (χ4n) is 6.14. The Morgan fingerprint density at radius 2 is 1.82 bits per heavy atom. The predicted molar refractivity (Wildman–Crippen MR) is 134 cm³/mol. The van der Waals surface area contributed by atoms with Crippen molar-refractivity contribution in [3.63, 3.8) is 0 Å². The fourth-order valence-corrected chi connectivity index (χ4v) is 6.14. The number of nitrogens with zero attached hydrogens (tertiary/aromatic N) is 5. The number of imidazole rings is 1. The van der Waals surface area contributed by atoms with Gasteiger partial charge in [0.05, 0.1) is 28.7 Å². The molecule has 2 aromatic heterocycles. The Morgan fingerprint density at radius 1 is 0.971 bits per heavy atom. The van der Waals surface area contributed by atoms with E-state index in [1.165, 1.54) is 55.7 Å². The molecule has 1 aliphatic carbocycles. The summed E-state index contributed by atoms with van der Waals surface area (Å²) in [6, 6.07) is 19.3. The summed E-state index contributed by atoms with van der Waals surface area (Å²) in [6.45, 7) is 5.26. The Kier molecular flexibility index (Phi) is 4.11. The van der Waals surface area contributed by atoms with Gasteiger partial charge in [0.15, 0.2) is 5.82 Å². The van der Waals surface area contributed by atoms with Gasteiger partial charge in [-0.05, 0) is 79.1 Å². The Hall–Kier alpha value is -3.78. The van der Waals surface area contributed by atoms with Gasteiger partial charge in [-0.25, -0.2) is 4.98 Å². The van der Waals surface area contributed by atoms with E-state index in [0.29, 0.717) is 11.0 Å². The highest BCUT2D eigenvalue weighted by Crippen LogP contribution is 2.49. The minimum Gasteiger partial charge on any atom is -0.371 e. The fraction of sp³-hybridized carbons (Fsp3) is 0.310. The van der Waals surface area contributed by atoms with Gasteiger partial charge in [-0.1, -0.05) is 18.6 Å². The average Bonchev–Trinajstić information content (AvgIpc) is 3.54. The molecule has 2 fully saturated rings. The predicted octanol–water partition coefficient (Wildman–Crippen LogP) is 5.93. The Labute approximate surface area is 199 Å². The van der Waals surface area contributed by atoms with Crippen molar-refractivity contribution in [3.8, 4) is 34.4 Å². The topological polar surface area (TPSA) is 49.8 Å². The van der Waals surface area contributed by atoms with Crippen LogP contribution in [0, 0.1) is 23.7 Å². The van der Waals surface area contributed by atoms with E-state index in [1.807, 2.05) is 24.3 Å². The van der Waals surface area contributed by atoms with E-state index < -0.39 is 0 Å². The second-order valence-electron chi connectivity index (χ2n) is 10.3. The SMILES string of the molecule is Cc1cn2c(n1)-c1cc(-c3ccc(C#N)cc3)cn1Cc1cc(N3CCC4(CCC4)C3)ccc1-2. The highest BCUT2D eigenvalue weighted by atomic mass is 15.2. The molecular weight excluding hydrogens is 418 g/mol. The summed E-state index contributed by atoms with van der Waals surface area (Å²) in [6.07, 6.45) is 9.92. The summed E-state index contributed by atoms with van der Waals surface area (Å²) >= 11 is 0. The van der Waals surface area contributed by atoms with Crippen LogP contribution in [0.25, 0.3) is 28.3 Å². The third kappa shape index (κ3) is 2.95. The van der Waals surface area contributed by atoms with Crippen molar-refractivity contribution < 1.29 is 0 Å². The molecule has 1 saturated heterocycles. The van der Waals surface area contributed by atoms with Crippen molar-refractivity contribution in [2.75, 3.05) is 18.0 Å². The van der Waals surface area contributed by atoms with Crippen LogP contribution >= 0.6 is 0 Å². The molecule has 4 heterocycles. The smallest absolute Gasteiger partial charge is 0.161 e. The minimum atomic E-state index is 0.588. The second-order valence-corrected chi connectivity index (χ2v) is 10.3. The molecule has 3 aliphatic rings. The third-order valence-electron chi connectivity index (χ3n) is 8.18. The van der Waals surface area contributed by atoms with Crippen molar-refractivity contribution in [2.24, 2.45) is 5.41 Å². The monoisotopic (exact) mass is 445 g/mol. The molecule has 0 unspecified atom stereocenters. The Morgan fingerprint density at radius 3 is 2.56 bits per heavy atom. The summed E-state index contributed by atoms with van der Waals surface area (Å²) in [5.41, 5.74) is 9.58. The van der Waals surface area contributed by atoms with Gasteiger partial charge < -0.3 is 9.47 Å². The first-order valence-corrected chi connectivity index (χ1v) is 12.3. The lowest BCUT2D eigenvalue weighted by molar-refractivity contribution is 0.165. The first kappa shape index (κ1) is 19.7. The quantitative estimate of drug-likeness (QED) is 0.338. The van der Waals surface area contributed by atoms with Crippen molar-refractivity contribution in [3.05, 3.63) is 77.7 Å². The average molecular weight is 446 g/mol. The lowest BCUT2D eigenvalue weighted by Crippen LogP contribution is -2.33. The van der Waals surface area contributed by atoms with Gasteiger partial charge in [-0.15, -0.1) is 0 Å². The number of aromatic nitrogens is 3. The molecule has 1 saturated carbocycles. The van der Waals surface area contributed by atoms with Gasteiger partial charge in [-0.3, -0.25) is 4.57 Å². The van der Waals surface area contributed by atoms with E-state index in [4.69, 9.17) is 10.2 Å². The van der Waals surface area contributed by atoms with Gasteiger partial charge in [-0.2, -0.15) is 5.26 Å². The molecule has 0 atom stereocenters. The highest BCUT2D eigenvalue weighted by molar-refractivity contribution is 5.72. The van der Waals surface area contributed by atoms with Crippen LogP contribution in [0.15, 0.2) is 60.9 Å². The number of hydrogen-bond acceptors (Lipinski definition) is 3. The van der Waals surface area contributed by atoms with Gasteiger partial charge in [0.1, 0.15) is 0 Å². The summed E-state index contributed by atoms with van der Waals surface area (Å²) < 4.78 is 4.59. The lowest BCUT2D eigenvalue weighted by atomic mass is 9.68. The van der Waals surface area contributed by atoms with Crippen LogP contribution in [0.3, 0.4) is 0 Å². The van der Waals surface area contributed by atoms with Crippen LogP contribution < -0.4 is 4.90 Å². The van der Waals surface area contributed by atoms with E-state index in [1.54, 1.807) is 0 Å². The molecule has 0 radical (unpaired) electrons. The van der Waals surface area contributed by atoms with Crippen molar-refractivity contribution in [2.45, 2.75) is 39.2 Å².